The van der Waals surface area contributed by atoms with Crippen molar-refractivity contribution in [2.45, 2.75) is 38.3 Å². The Morgan fingerprint density at radius 2 is 1.79 bits per heavy atom. The third-order valence-electron chi connectivity index (χ3n) is 7.76. The maximum atomic E-state index is 13.7. The Morgan fingerprint density at radius 3 is 2.42 bits per heavy atom. The van der Waals surface area contributed by atoms with E-state index >= 15 is 0 Å². The average Bonchev–Trinajstić information content (AvgIpc) is 2.86. The number of Topliss-reactive ketones (excluding diaryl/α,β-unsaturated/α-hetero) is 2. The molecule has 0 heterocycles. The smallest absolute Gasteiger partial charge is 0.255 e. The number of phenols is 1. The van der Waals surface area contributed by atoms with Crippen molar-refractivity contribution in [2.24, 2.45) is 17.6 Å². The van der Waals surface area contributed by atoms with E-state index in [1.54, 1.807) is 6.07 Å². The number of aromatic hydroxyl groups is 1. The Bertz CT molecular complexity index is 1490. The largest absolute Gasteiger partial charge is 0.508 e. The van der Waals surface area contributed by atoms with Crippen molar-refractivity contribution in [1.29, 1.82) is 0 Å². The molecule has 1 fully saturated rings. The summed E-state index contributed by atoms with van der Waals surface area (Å²) in [7, 11) is 0. The van der Waals surface area contributed by atoms with Crippen LogP contribution in [0, 0.1) is 11.8 Å². The molecule has 0 bridgehead atoms. The van der Waals surface area contributed by atoms with E-state index in [1.807, 2.05) is 30.3 Å². The maximum absolute atomic E-state index is 13.7. The van der Waals surface area contributed by atoms with Crippen molar-refractivity contribution < 1.29 is 39.6 Å². The Morgan fingerprint density at radius 1 is 1.11 bits per heavy atom. The van der Waals surface area contributed by atoms with E-state index in [1.165, 1.54) is 6.92 Å². The lowest BCUT2D eigenvalue weighted by Crippen LogP contribution is -2.58. The van der Waals surface area contributed by atoms with Gasteiger partial charge in [0.15, 0.2) is 11.4 Å². The number of aliphatic hydroxyl groups excluding tert-OH is 2. The first-order chi connectivity index (χ1) is 18.0. The summed E-state index contributed by atoms with van der Waals surface area (Å²) in [6.07, 6.45) is -0.146. The number of nitrogens with two attached hydrogens (primary N) is 1. The number of aliphatic hydroxyl groups is 3. The molecular weight excluding hydrogens is 492 g/mol. The predicted molar refractivity (Wildman–Crippen MR) is 134 cm³/mol. The van der Waals surface area contributed by atoms with Crippen LogP contribution in [0.3, 0.4) is 0 Å². The number of ketones is 2. The second kappa shape index (κ2) is 8.84. The molecular formula is C28H26N2O8. The summed E-state index contributed by atoms with van der Waals surface area (Å²) >= 11 is 0. The number of hydrogen-bond acceptors (Lipinski definition) is 8. The van der Waals surface area contributed by atoms with Crippen LogP contribution >= 0.6 is 0 Å². The fourth-order valence-corrected chi connectivity index (χ4v) is 5.97. The van der Waals surface area contributed by atoms with Crippen molar-refractivity contribution in [3.63, 3.8) is 0 Å². The summed E-state index contributed by atoms with van der Waals surface area (Å²) in [5, 5.41) is 47.4. The highest BCUT2D eigenvalue weighted by atomic mass is 16.3. The number of phenolic OH excluding ortho intramolecular Hbond substituents is 1. The number of amides is 2. The molecule has 38 heavy (non-hydrogen) atoms. The monoisotopic (exact) mass is 518 g/mol. The van der Waals surface area contributed by atoms with Gasteiger partial charge in [0, 0.05) is 36.9 Å². The van der Waals surface area contributed by atoms with E-state index in [-0.39, 0.29) is 48.6 Å². The van der Waals surface area contributed by atoms with Gasteiger partial charge >= 0.3 is 0 Å². The first kappa shape index (κ1) is 25.2. The van der Waals surface area contributed by atoms with Crippen molar-refractivity contribution in [2.75, 3.05) is 0 Å². The third kappa shape index (κ3) is 3.59. The van der Waals surface area contributed by atoms with Crippen molar-refractivity contribution in [1.82, 2.24) is 5.32 Å². The summed E-state index contributed by atoms with van der Waals surface area (Å²) in [6.45, 7) is 1.28. The Kier molecular flexibility index (Phi) is 5.87. The fraction of sp³-hybridized carbons (Fsp3) is 0.286. The lowest BCUT2D eigenvalue weighted by atomic mass is 9.59. The van der Waals surface area contributed by atoms with Gasteiger partial charge in [-0.25, -0.2) is 0 Å². The Hall–Kier alpha value is -4.44. The number of fused-ring (bicyclic) bond motifs is 3. The summed E-state index contributed by atoms with van der Waals surface area (Å²) in [4.78, 5) is 49.6. The van der Waals surface area contributed by atoms with Gasteiger partial charge in [0.05, 0.1) is 5.56 Å². The lowest BCUT2D eigenvalue weighted by molar-refractivity contribution is -0.147. The van der Waals surface area contributed by atoms with Crippen LogP contribution in [-0.4, -0.2) is 49.4 Å². The van der Waals surface area contributed by atoms with Crippen LogP contribution in [0.2, 0.25) is 0 Å². The summed E-state index contributed by atoms with van der Waals surface area (Å²) in [6, 6.07) is 10.9. The molecule has 0 aromatic heterocycles. The number of benzene rings is 2. The van der Waals surface area contributed by atoms with Crippen molar-refractivity contribution >= 4 is 29.1 Å². The topological polar surface area (TPSA) is 187 Å². The summed E-state index contributed by atoms with van der Waals surface area (Å²) in [5.41, 5.74) is 3.85. The normalized spacial score (nSPS) is 24.5. The molecule has 3 aliphatic rings. The zero-order chi connectivity index (χ0) is 27.5. The standard InChI is InChI=1S/C28H26N2O8/c1-12(31)30-11-15-9-17(13-5-3-2-4-6-13)18-8-14-7-16-10-19(32)22(27(29)37)26(36)28(16,38)25(35)20(14)24(34)21(18)23(15)33/h2-6,9,14,16,33-34,36,38H,7-8,10-11H2,1H3,(H2,29,37)(H,30,31)/t14?,16-,28-/m0/s1. The van der Waals surface area contributed by atoms with Crippen molar-refractivity contribution in [3.8, 4) is 16.9 Å². The van der Waals surface area contributed by atoms with Crippen LogP contribution in [0.15, 0.2) is 53.3 Å². The molecule has 0 saturated heterocycles. The molecule has 2 aromatic rings. The first-order valence-electron chi connectivity index (χ1n) is 12.1. The zero-order valence-electron chi connectivity index (χ0n) is 20.4. The van der Waals surface area contributed by atoms with E-state index in [9.17, 15) is 39.6 Å². The number of nitrogens with one attached hydrogen (secondary N) is 1. The van der Waals surface area contributed by atoms with Gasteiger partial charge in [0.1, 0.15) is 22.8 Å². The number of carbonyl (C=O) groups is 4. The quantitative estimate of drug-likeness (QED) is 0.330. The summed E-state index contributed by atoms with van der Waals surface area (Å²) in [5.74, 6) is -7.13. The van der Waals surface area contributed by atoms with Crippen LogP contribution in [0.4, 0.5) is 0 Å². The molecule has 0 radical (unpaired) electrons. The Balaban J connectivity index is 1.74. The van der Waals surface area contributed by atoms with Gasteiger partial charge in [0.2, 0.25) is 11.7 Å². The minimum atomic E-state index is -2.62. The van der Waals surface area contributed by atoms with E-state index in [2.05, 4.69) is 5.32 Å². The number of primary amides is 1. The third-order valence-corrected chi connectivity index (χ3v) is 7.76. The van der Waals surface area contributed by atoms with Crippen LogP contribution in [0.1, 0.15) is 36.5 Å². The molecule has 3 aliphatic carbocycles. The molecule has 196 valence electrons. The van der Waals surface area contributed by atoms with Gasteiger partial charge in [-0.2, -0.15) is 0 Å². The molecule has 2 aromatic carbocycles. The van der Waals surface area contributed by atoms with Crippen LogP contribution < -0.4 is 11.1 Å². The van der Waals surface area contributed by atoms with Gasteiger partial charge in [-0.05, 0) is 41.5 Å². The van der Waals surface area contributed by atoms with Crippen LogP contribution in [-0.2, 0) is 32.1 Å². The fourth-order valence-electron chi connectivity index (χ4n) is 5.97. The van der Waals surface area contributed by atoms with Gasteiger partial charge in [0.25, 0.3) is 5.91 Å². The van der Waals surface area contributed by atoms with Gasteiger partial charge in [-0.15, -0.1) is 0 Å². The highest BCUT2D eigenvalue weighted by molar-refractivity contribution is 6.22. The van der Waals surface area contributed by atoms with Gasteiger partial charge < -0.3 is 31.5 Å². The lowest BCUT2D eigenvalue weighted by Gasteiger charge is -2.46. The molecule has 7 N–H and O–H groups in total. The average molecular weight is 519 g/mol. The van der Waals surface area contributed by atoms with E-state index in [0.29, 0.717) is 16.7 Å². The molecule has 3 atom stereocenters. The first-order valence-corrected chi connectivity index (χ1v) is 12.1. The van der Waals surface area contributed by atoms with Crippen LogP contribution in [0.25, 0.3) is 16.9 Å². The van der Waals surface area contributed by atoms with E-state index in [0.717, 1.165) is 5.56 Å². The highest BCUT2D eigenvalue weighted by Crippen LogP contribution is 2.53. The number of carbonyl (C=O) groups excluding carboxylic acids is 4. The minimum Gasteiger partial charge on any atom is -0.508 e. The SMILES string of the molecule is CC(=O)NCc1cc(-c2ccccc2)c2c(c1O)C(O)=C1C(=O)[C@]3(O)C(O)=C(C(N)=O)C(=O)C[C@@H]3CC1C2. The summed E-state index contributed by atoms with van der Waals surface area (Å²) < 4.78 is 0. The molecule has 1 unspecified atom stereocenters. The van der Waals surface area contributed by atoms with Crippen molar-refractivity contribution in [3.05, 3.63) is 70.0 Å². The molecule has 0 aliphatic heterocycles. The zero-order valence-corrected chi connectivity index (χ0v) is 20.4. The molecule has 0 spiro atoms. The van der Waals surface area contributed by atoms with Gasteiger partial charge in [-0.3, -0.25) is 19.2 Å². The maximum Gasteiger partial charge on any atom is 0.255 e. The second-order valence-corrected chi connectivity index (χ2v) is 9.97. The van der Waals surface area contributed by atoms with E-state index < -0.39 is 52.0 Å². The predicted octanol–water partition coefficient (Wildman–Crippen LogP) is 1.73. The molecule has 1 saturated carbocycles. The van der Waals surface area contributed by atoms with E-state index in [4.69, 9.17) is 5.73 Å². The number of hydrogen-bond donors (Lipinski definition) is 6. The molecule has 5 rings (SSSR count). The molecule has 10 nitrogen and oxygen atoms in total. The van der Waals surface area contributed by atoms with Crippen LogP contribution in [0.5, 0.6) is 5.75 Å². The molecule has 10 heteroatoms. The minimum absolute atomic E-state index is 0.0150. The second-order valence-electron chi connectivity index (χ2n) is 9.97. The number of rotatable bonds is 4. The highest BCUT2D eigenvalue weighted by Gasteiger charge is 2.60. The Labute approximate surface area is 217 Å². The molecule has 2 amide bonds. The van der Waals surface area contributed by atoms with Gasteiger partial charge in [-0.1, -0.05) is 30.3 Å².